The smallest absolute Gasteiger partial charge is 0.0106 e. The van der Waals surface area contributed by atoms with Gasteiger partial charge in [-0.05, 0) is 83.6 Å². The van der Waals surface area contributed by atoms with E-state index in [1.54, 1.807) is 0 Å². The maximum atomic E-state index is 2.43. The van der Waals surface area contributed by atoms with Crippen LogP contribution in [0.1, 0.15) is 76.6 Å². The fourth-order valence-corrected chi connectivity index (χ4v) is 6.62. The standard InChI is InChI=1S/C30H39P/c1-9-29(5,6)24-16-18-27(22(3)20-24)31(26-14-12-11-13-15-26)28-19-17-25(21-23(28)4)30(7,8)10-2/h11-21H,9-10H2,1-8H3. The molecule has 0 amide bonds. The quantitative estimate of drug-likeness (QED) is 0.342. The van der Waals surface area contributed by atoms with Crippen LogP contribution in [0.15, 0.2) is 66.7 Å². The minimum absolute atomic E-state index is 0.210. The van der Waals surface area contributed by atoms with Crippen molar-refractivity contribution in [3.63, 3.8) is 0 Å². The highest BCUT2D eigenvalue weighted by Gasteiger charge is 2.25. The van der Waals surface area contributed by atoms with E-state index in [4.69, 9.17) is 0 Å². The van der Waals surface area contributed by atoms with Gasteiger partial charge in [-0.3, -0.25) is 0 Å². The number of rotatable bonds is 7. The van der Waals surface area contributed by atoms with Crippen LogP contribution in [-0.4, -0.2) is 0 Å². The minimum atomic E-state index is -0.593. The molecule has 0 aliphatic carbocycles. The molecule has 3 aromatic carbocycles. The van der Waals surface area contributed by atoms with Gasteiger partial charge in [0.05, 0.1) is 0 Å². The van der Waals surface area contributed by atoms with Crippen molar-refractivity contribution in [1.82, 2.24) is 0 Å². The molecule has 0 unspecified atom stereocenters. The Kier molecular flexibility index (Phi) is 7.12. The Morgan fingerprint density at radius 3 is 1.39 bits per heavy atom. The molecule has 0 aliphatic heterocycles. The summed E-state index contributed by atoms with van der Waals surface area (Å²) in [6.45, 7) is 18.5. The number of benzene rings is 3. The average molecular weight is 431 g/mol. The van der Waals surface area contributed by atoms with Gasteiger partial charge < -0.3 is 0 Å². The molecule has 0 spiro atoms. The van der Waals surface area contributed by atoms with E-state index >= 15 is 0 Å². The van der Waals surface area contributed by atoms with Crippen molar-refractivity contribution in [2.75, 3.05) is 0 Å². The SMILES string of the molecule is CCC(C)(C)c1ccc(P(c2ccccc2)c2ccc(C(C)(C)CC)cc2C)c(C)c1. The zero-order valence-corrected chi connectivity index (χ0v) is 21.6. The second kappa shape index (κ2) is 9.30. The second-order valence-corrected chi connectivity index (χ2v) is 12.3. The molecule has 0 saturated heterocycles. The predicted octanol–water partition coefficient (Wildman–Crippen LogP) is 7.44. The molecule has 0 radical (unpaired) electrons. The first kappa shape index (κ1) is 23.7. The fourth-order valence-electron chi connectivity index (χ4n) is 4.05. The van der Waals surface area contributed by atoms with Gasteiger partial charge in [-0.2, -0.15) is 0 Å². The third-order valence-corrected chi connectivity index (χ3v) is 10.0. The Labute approximate surface area is 191 Å². The van der Waals surface area contributed by atoms with E-state index < -0.39 is 7.92 Å². The van der Waals surface area contributed by atoms with Crippen molar-refractivity contribution < 1.29 is 0 Å². The lowest BCUT2D eigenvalue weighted by atomic mass is 9.82. The third kappa shape index (κ3) is 4.96. The first-order valence-electron chi connectivity index (χ1n) is 11.7. The summed E-state index contributed by atoms with van der Waals surface area (Å²) < 4.78 is 0. The first-order chi connectivity index (χ1) is 14.6. The lowest BCUT2D eigenvalue weighted by molar-refractivity contribution is 0.506. The summed E-state index contributed by atoms with van der Waals surface area (Å²) in [7, 11) is -0.593. The Morgan fingerprint density at radius 1 is 0.613 bits per heavy atom. The lowest BCUT2D eigenvalue weighted by Gasteiger charge is -2.29. The largest absolute Gasteiger partial charge is 0.0646 e. The van der Waals surface area contributed by atoms with Crippen LogP contribution in [0, 0.1) is 13.8 Å². The van der Waals surface area contributed by atoms with Crippen LogP contribution in [0.25, 0.3) is 0 Å². The molecule has 3 rings (SSSR count). The van der Waals surface area contributed by atoms with E-state index in [-0.39, 0.29) is 10.8 Å². The van der Waals surface area contributed by atoms with Crippen LogP contribution >= 0.6 is 7.92 Å². The summed E-state index contributed by atoms with van der Waals surface area (Å²) in [5, 5.41) is 4.37. The van der Waals surface area contributed by atoms with Crippen LogP contribution in [0.4, 0.5) is 0 Å². The van der Waals surface area contributed by atoms with Crippen LogP contribution < -0.4 is 15.9 Å². The highest BCUT2D eigenvalue weighted by atomic mass is 31.1. The first-order valence-corrected chi connectivity index (χ1v) is 13.0. The normalized spacial score (nSPS) is 12.4. The van der Waals surface area contributed by atoms with Crippen LogP contribution in [0.2, 0.25) is 0 Å². The second-order valence-electron chi connectivity index (χ2n) is 10.1. The molecule has 3 aromatic rings. The van der Waals surface area contributed by atoms with Gasteiger partial charge in [0.2, 0.25) is 0 Å². The molecule has 1 heteroatoms. The molecule has 0 heterocycles. The number of hydrogen-bond acceptors (Lipinski definition) is 0. The van der Waals surface area contributed by atoms with Gasteiger partial charge >= 0.3 is 0 Å². The molecule has 0 atom stereocenters. The van der Waals surface area contributed by atoms with Crippen molar-refractivity contribution in [3.05, 3.63) is 89.0 Å². The zero-order chi connectivity index (χ0) is 22.8. The monoisotopic (exact) mass is 430 g/mol. The topological polar surface area (TPSA) is 0 Å². The molecular weight excluding hydrogens is 391 g/mol. The van der Waals surface area contributed by atoms with Gasteiger partial charge in [-0.25, -0.2) is 0 Å². The lowest BCUT2D eigenvalue weighted by Crippen LogP contribution is -2.26. The Hall–Kier alpha value is -1.91. The maximum absolute atomic E-state index is 2.43. The highest BCUT2D eigenvalue weighted by molar-refractivity contribution is 7.80. The third-order valence-electron chi connectivity index (χ3n) is 7.22. The predicted molar refractivity (Wildman–Crippen MR) is 141 cm³/mol. The zero-order valence-electron chi connectivity index (χ0n) is 20.7. The average Bonchev–Trinajstić information content (AvgIpc) is 2.76. The van der Waals surface area contributed by atoms with E-state index in [1.165, 1.54) is 38.2 Å². The van der Waals surface area contributed by atoms with Crippen molar-refractivity contribution in [2.24, 2.45) is 0 Å². The van der Waals surface area contributed by atoms with E-state index in [1.807, 2.05) is 0 Å². The molecule has 0 nitrogen and oxygen atoms in total. The number of aryl methyl sites for hydroxylation is 2. The Bertz CT molecular complexity index is 962. The number of hydrogen-bond donors (Lipinski definition) is 0. The summed E-state index contributed by atoms with van der Waals surface area (Å²) in [6.07, 6.45) is 2.29. The summed E-state index contributed by atoms with van der Waals surface area (Å²) >= 11 is 0. The van der Waals surface area contributed by atoms with Gasteiger partial charge in [-0.1, -0.05) is 108 Å². The molecule has 0 N–H and O–H groups in total. The molecule has 0 saturated carbocycles. The van der Waals surface area contributed by atoms with E-state index in [9.17, 15) is 0 Å². The van der Waals surface area contributed by atoms with Crippen molar-refractivity contribution in [2.45, 2.75) is 79.1 Å². The van der Waals surface area contributed by atoms with E-state index in [2.05, 4.69) is 122 Å². The molecule has 0 aromatic heterocycles. The molecular formula is C30H39P. The van der Waals surface area contributed by atoms with Crippen LogP contribution in [-0.2, 0) is 10.8 Å². The van der Waals surface area contributed by atoms with Crippen LogP contribution in [0.5, 0.6) is 0 Å². The van der Waals surface area contributed by atoms with Gasteiger partial charge in [-0.15, -0.1) is 0 Å². The fraction of sp³-hybridized carbons (Fsp3) is 0.400. The van der Waals surface area contributed by atoms with Crippen molar-refractivity contribution in [1.29, 1.82) is 0 Å². The molecule has 164 valence electrons. The van der Waals surface area contributed by atoms with Gasteiger partial charge in [0.15, 0.2) is 0 Å². The van der Waals surface area contributed by atoms with E-state index in [0.717, 1.165) is 12.8 Å². The van der Waals surface area contributed by atoms with Crippen LogP contribution in [0.3, 0.4) is 0 Å². The summed E-state index contributed by atoms with van der Waals surface area (Å²) in [5.41, 5.74) is 6.12. The minimum Gasteiger partial charge on any atom is -0.0646 e. The highest BCUT2D eigenvalue weighted by Crippen LogP contribution is 2.38. The van der Waals surface area contributed by atoms with Gasteiger partial charge in [0, 0.05) is 0 Å². The summed E-state index contributed by atoms with van der Waals surface area (Å²) in [5.74, 6) is 0. The summed E-state index contributed by atoms with van der Waals surface area (Å²) in [6, 6.07) is 25.5. The Balaban J connectivity index is 2.16. The van der Waals surface area contributed by atoms with Gasteiger partial charge in [0.25, 0.3) is 0 Å². The molecule has 31 heavy (non-hydrogen) atoms. The van der Waals surface area contributed by atoms with Gasteiger partial charge in [0.1, 0.15) is 0 Å². The Morgan fingerprint density at radius 2 is 1.03 bits per heavy atom. The molecule has 0 fully saturated rings. The molecule has 0 bridgehead atoms. The summed E-state index contributed by atoms with van der Waals surface area (Å²) in [4.78, 5) is 0. The van der Waals surface area contributed by atoms with E-state index in [0.29, 0.717) is 0 Å². The van der Waals surface area contributed by atoms with Crippen molar-refractivity contribution in [3.8, 4) is 0 Å². The van der Waals surface area contributed by atoms with Crippen molar-refractivity contribution >= 4 is 23.8 Å². The molecule has 0 aliphatic rings. The maximum Gasteiger partial charge on any atom is -0.0106 e.